The van der Waals surface area contributed by atoms with Gasteiger partial charge in [0.1, 0.15) is 9.77 Å². The van der Waals surface area contributed by atoms with Crippen molar-refractivity contribution in [2.45, 2.75) is 36.6 Å². The molecule has 1 aromatic rings. The third kappa shape index (κ3) is 2.88. The van der Waals surface area contributed by atoms with Crippen LogP contribution in [-0.2, 0) is 10.0 Å². The first-order valence-electron chi connectivity index (χ1n) is 6.42. The molecule has 1 heterocycles. The molecular formula is C12H17NO5S2. The summed E-state index contributed by atoms with van der Waals surface area (Å²) >= 11 is 0.895. The molecule has 0 spiro atoms. The summed E-state index contributed by atoms with van der Waals surface area (Å²) in [5.41, 5.74) is 0. The summed E-state index contributed by atoms with van der Waals surface area (Å²) in [5.74, 6) is -1.24. The van der Waals surface area contributed by atoms with Crippen LogP contribution in [0.4, 0.5) is 0 Å². The number of carbonyl (C=O) groups is 1. The maximum Gasteiger partial charge on any atom is 0.347 e. The molecule has 2 N–H and O–H groups in total. The van der Waals surface area contributed by atoms with Crippen LogP contribution in [0.1, 0.15) is 35.4 Å². The number of thiophene rings is 1. The van der Waals surface area contributed by atoms with Crippen molar-refractivity contribution in [3.05, 3.63) is 16.3 Å². The van der Waals surface area contributed by atoms with Crippen LogP contribution in [0, 0.1) is 0 Å². The molecular weight excluding hydrogens is 302 g/mol. The van der Waals surface area contributed by atoms with Crippen molar-refractivity contribution in [1.82, 2.24) is 4.31 Å². The van der Waals surface area contributed by atoms with Crippen molar-refractivity contribution in [2.75, 3.05) is 13.2 Å². The van der Waals surface area contributed by atoms with Crippen LogP contribution in [0.2, 0.25) is 0 Å². The van der Waals surface area contributed by atoms with Crippen molar-refractivity contribution in [1.29, 1.82) is 0 Å². The number of nitrogens with zero attached hydrogens (tertiary/aromatic N) is 1. The molecule has 0 amide bonds. The zero-order valence-corrected chi connectivity index (χ0v) is 12.5. The minimum Gasteiger partial charge on any atom is -0.477 e. The number of hydrogen-bond acceptors (Lipinski definition) is 5. The number of hydrogen-bond donors (Lipinski definition) is 2. The highest BCUT2D eigenvalue weighted by Crippen LogP contribution is 2.31. The molecule has 1 aliphatic carbocycles. The van der Waals surface area contributed by atoms with E-state index in [0.29, 0.717) is 0 Å². The molecule has 0 saturated heterocycles. The van der Waals surface area contributed by atoms with E-state index < -0.39 is 16.0 Å². The fourth-order valence-corrected chi connectivity index (χ4v) is 5.48. The summed E-state index contributed by atoms with van der Waals surface area (Å²) in [4.78, 5) is 10.8. The Morgan fingerprint density at radius 3 is 2.60 bits per heavy atom. The van der Waals surface area contributed by atoms with Gasteiger partial charge in [0.2, 0.25) is 10.0 Å². The standard InChI is InChI=1S/C12H17NO5S2/c14-7-6-13(9-3-1-2-4-9)20(17,18)10-5-8-19-11(10)12(15)16/h5,8-9,14H,1-4,6-7H2,(H,15,16). The Labute approximate surface area is 121 Å². The van der Waals surface area contributed by atoms with Crippen LogP contribution in [0.5, 0.6) is 0 Å². The van der Waals surface area contributed by atoms with Gasteiger partial charge >= 0.3 is 5.97 Å². The molecule has 0 radical (unpaired) electrons. The zero-order valence-electron chi connectivity index (χ0n) is 10.9. The summed E-state index contributed by atoms with van der Waals surface area (Å²) in [6, 6.07) is 1.18. The second kappa shape index (κ2) is 6.21. The quantitative estimate of drug-likeness (QED) is 0.826. The fraction of sp³-hybridized carbons (Fsp3) is 0.583. The van der Waals surface area contributed by atoms with Crippen LogP contribution < -0.4 is 0 Å². The first-order valence-corrected chi connectivity index (χ1v) is 8.74. The highest BCUT2D eigenvalue weighted by molar-refractivity contribution is 7.89. The van der Waals surface area contributed by atoms with Gasteiger partial charge in [-0.1, -0.05) is 12.8 Å². The van der Waals surface area contributed by atoms with E-state index in [0.717, 1.165) is 37.0 Å². The number of aliphatic hydroxyl groups excluding tert-OH is 1. The Morgan fingerprint density at radius 1 is 1.40 bits per heavy atom. The Hall–Kier alpha value is -0.960. The minimum absolute atomic E-state index is 0.00189. The van der Waals surface area contributed by atoms with Gasteiger partial charge in [-0.3, -0.25) is 0 Å². The molecule has 112 valence electrons. The average molecular weight is 319 g/mol. The van der Waals surface area contributed by atoms with E-state index in [4.69, 9.17) is 10.2 Å². The van der Waals surface area contributed by atoms with Crippen LogP contribution >= 0.6 is 11.3 Å². The van der Waals surface area contributed by atoms with Crippen molar-refractivity contribution in [2.24, 2.45) is 0 Å². The summed E-state index contributed by atoms with van der Waals surface area (Å²) in [6.07, 6.45) is 3.42. The topological polar surface area (TPSA) is 94.9 Å². The predicted molar refractivity (Wildman–Crippen MR) is 74.5 cm³/mol. The zero-order chi connectivity index (χ0) is 14.8. The summed E-state index contributed by atoms with van der Waals surface area (Å²) in [5, 5.41) is 19.6. The fourth-order valence-electron chi connectivity index (χ4n) is 2.57. The second-order valence-corrected chi connectivity index (χ2v) is 7.47. The van der Waals surface area contributed by atoms with E-state index >= 15 is 0 Å². The van der Waals surface area contributed by atoms with E-state index in [1.165, 1.54) is 15.8 Å². The molecule has 0 unspecified atom stereocenters. The molecule has 0 bridgehead atoms. The smallest absolute Gasteiger partial charge is 0.347 e. The lowest BCUT2D eigenvalue weighted by Gasteiger charge is -2.27. The third-order valence-corrected chi connectivity index (χ3v) is 6.49. The van der Waals surface area contributed by atoms with Crippen molar-refractivity contribution < 1.29 is 23.4 Å². The number of rotatable bonds is 6. The number of carboxylic acid groups (broad SMARTS) is 1. The number of aliphatic hydroxyl groups is 1. The van der Waals surface area contributed by atoms with E-state index in [1.807, 2.05) is 0 Å². The van der Waals surface area contributed by atoms with Gasteiger partial charge in [0, 0.05) is 12.6 Å². The molecule has 6 nitrogen and oxygen atoms in total. The van der Waals surface area contributed by atoms with Crippen molar-refractivity contribution in [3.63, 3.8) is 0 Å². The Kier molecular flexibility index (Phi) is 4.79. The molecule has 1 aromatic heterocycles. The first-order chi connectivity index (χ1) is 9.48. The van der Waals surface area contributed by atoms with Gasteiger partial charge in [0.15, 0.2) is 0 Å². The van der Waals surface area contributed by atoms with Gasteiger partial charge in [0.25, 0.3) is 0 Å². The molecule has 1 fully saturated rings. The summed E-state index contributed by atoms with van der Waals surface area (Å²) in [6.45, 7) is -0.274. The maximum atomic E-state index is 12.7. The molecule has 8 heteroatoms. The molecule has 1 aliphatic rings. The number of carboxylic acids is 1. The summed E-state index contributed by atoms with van der Waals surface area (Å²) < 4.78 is 26.6. The molecule has 0 atom stereocenters. The Morgan fingerprint density at radius 2 is 2.05 bits per heavy atom. The normalized spacial score (nSPS) is 16.9. The minimum atomic E-state index is -3.88. The lowest BCUT2D eigenvalue weighted by molar-refractivity contribution is 0.0698. The largest absolute Gasteiger partial charge is 0.477 e. The SMILES string of the molecule is O=C(O)c1sccc1S(=O)(=O)N(CCO)C1CCCC1. The number of sulfonamides is 1. The number of aromatic carboxylic acids is 1. The van der Waals surface area contributed by atoms with E-state index in [-0.39, 0.29) is 29.0 Å². The highest BCUT2D eigenvalue weighted by Gasteiger charge is 2.35. The summed E-state index contributed by atoms with van der Waals surface area (Å²) in [7, 11) is -3.88. The lowest BCUT2D eigenvalue weighted by atomic mass is 10.2. The molecule has 20 heavy (non-hydrogen) atoms. The van der Waals surface area contributed by atoms with Gasteiger partial charge in [-0.2, -0.15) is 4.31 Å². The van der Waals surface area contributed by atoms with Crippen LogP contribution in [0.15, 0.2) is 16.3 Å². The Balaban J connectivity index is 2.39. The van der Waals surface area contributed by atoms with E-state index in [2.05, 4.69) is 0 Å². The van der Waals surface area contributed by atoms with Gasteiger partial charge in [0.05, 0.1) is 6.61 Å². The van der Waals surface area contributed by atoms with Gasteiger partial charge in [-0.05, 0) is 24.3 Å². The molecule has 0 aromatic carbocycles. The average Bonchev–Trinajstić information content (AvgIpc) is 3.06. The van der Waals surface area contributed by atoms with Crippen LogP contribution in [-0.4, -0.2) is 48.1 Å². The van der Waals surface area contributed by atoms with Crippen molar-refractivity contribution in [3.8, 4) is 0 Å². The maximum absolute atomic E-state index is 12.7. The predicted octanol–water partition coefficient (Wildman–Crippen LogP) is 1.37. The van der Waals surface area contributed by atoms with Gasteiger partial charge in [-0.25, -0.2) is 13.2 Å². The van der Waals surface area contributed by atoms with Gasteiger partial charge in [-0.15, -0.1) is 11.3 Å². The monoisotopic (exact) mass is 319 g/mol. The molecule has 0 aliphatic heterocycles. The van der Waals surface area contributed by atoms with E-state index in [9.17, 15) is 13.2 Å². The van der Waals surface area contributed by atoms with Crippen molar-refractivity contribution >= 4 is 27.3 Å². The molecule has 2 rings (SSSR count). The molecule has 1 saturated carbocycles. The van der Waals surface area contributed by atoms with Gasteiger partial charge < -0.3 is 10.2 Å². The third-order valence-electron chi connectivity index (χ3n) is 3.46. The van der Waals surface area contributed by atoms with E-state index in [1.54, 1.807) is 0 Å². The lowest BCUT2D eigenvalue weighted by Crippen LogP contribution is -2.40. The first kappa shape index (κ1) is 15.4. The highest BCUT2D eigenvalue weighted by atomic mass is 32.2. The Bertz CT molecular complexity index is 574. The van der Waals surface area contributed by atoms with Crippen LogP contribution in [0.25, 0.3) is 0 Å². The second-order valence-electron chi connectivity index (χ2n) is 4.70. The van der Waals surface area contributed by atoms with Crippen LogP contribution in [0.3, 0.4) is 0 Å².